The topological polar surface area (TPSA) is 83.5 Å². The molecule has 1 atom stereocenters. The van der Waals surface area contributed by atoms with Gasteiger partial charge in [0.1, 0.15) is 6.04 Å². The van der Waals surface area contributed by atoms with Gasteiger partial charge in [0.25, 0.3) is 0 Å². The van der Waals surface area contributed by atoms with Gasteiger partial charge in [0.05, 0.1) is 6.61 Å². The molecule has 0 fully saturated rings. The standard InChI is InChI=1S/C3H7NO3.Mg.2H/c4-2(1-5)3(6)7;;;/h2,5H,1,4H2,(H,6,7);;;/q;+2;2*-1. The Labute approximate surface area is 65.8 Å². The van der Waals surface area contributed by atoms with Gasteiger partial charge >= 0.3 is 29.0 Å². The minimum atomic E-state index is -1.18. The average Bonchev–Trinajstić information content (AvgIpc) is 1.65. The van der Waals surface area contributed by atoms with E-state index in [0.717, 1.165) is 0 Å². The summed E-state index contributed by atoms with van der Waals surface area (Å²) in [6, 6.07) is -1.13. The van der Waals surface area contributed by atoms with E-state index in [0.29, 0.717) is 0 Å². The van der Waals surface area contributed by atoms with Crippen molar-refractivity contribution in [2.75, 3.05) is 6.61 Å². The molecule has 0 saturated heterocycles. The van der Waals surface area contributed by atoms with Crippen molar-refractivity contribution in [3.05, 3.63) is 0 Å². The van der Waals surface area contributed by atoms with Crippen LogP contribution in [0.2, 0.25) is 0 Å². The quantitative estimate of drug-likeness (QED) is 0.388. The van der Waals surface area contributed by atoms with Gasteiger partial charge in [-0.1, -0.05) is 0 Å². The van der Waals surface area contributed by atoms with Crippen LogP contribution in [0, 0.1) is 0 Å². The second kappa shape index (κ2) is 5.30. The molecule has 0 radical (unpaired) electrons. The van der Waals surface area contributed by atoms with E-state index >= 15 is 0 Å². The molecular weight excluding hydrogens is 122 g/mol. The Morgan fingerprint density at radius 2 is 2.25 bits per heavy atom. The number of aliphatic hydroxyl groups excluding tert-OH is 1. The summed E-state index contributed by atoms with van der Waals surface area (Å²) in [7, 11) is 0. The maximum absolute atomic E-state index is 9.65. The number of hydrogen-bond acceptors (Lipinski definition) is 3. The normalized spacial score (nSPS) is 11.8. The predicted octanol–water partition coefficient (Wildman–Crippen LogP) is -1.77. The van der Waals surface area contributed by atoms with E-state index in [1.807, 2.05) is 0 Å². The first-order chi connectivity index (χ1) is 3.18. The summed E-state index contributed by atoms with van der Waals surface area (Å²) in [4.78, 5) is 9.65. The largest absolute Gasteiger partial charge is 2.00 e. The van der Waals surface area contributed by atoms with Crippen LogP contribution >= 0.6 is 0 Å². The van der Waals surface area contributed by atoms with Crippen molar-refractivity contribution < 1.29 is 17.9 Å². The van der Waals surface area contributed by atoms with Crippen molar-refractivity contribution in [3.8, 4) is 0 Å². The maximum atomic E-state index is 9.65. The van der Waals surface area contributed by atoms with Crippen LogP contribution in [-0.2, 0) is 4.79 Å². The van der Waals surface area contributed by atoms with Gasteiger partial charge in [0, 0.05) is 0 Å². The van der Waals surface area contributed by atoms with Gasteiger partial charge in [-0.2, -0.15) is 0 Å². The molecule has 0 aromatic rings. The molecule has 0 aliphatic heterocycles. The molecule has 0 aromatic heterocycles. The van der Waals surface area contributed by atoms with E-state index in [4.69, 9.17) is 15.9 Å². The first-order valence-electron chi connectivity index (χ1n) is 1.77. The number of rotatable bonds is 2. The van der Waals surface area contributed by atoms with Crippen molar-refractivity contribution in [1.29, 1.82) is 0 Å². The predicted molar refractivity (Wildman–Crippen MR) is 30.7 cm³/mol. The number of aliphatic hydroxyl groups is 1. The number of hydrogen-bond donors (Lipinski definition) is 3. The SMILES string of the molecule is NC(CO)C(=O)O.[H-].[H-].[Mg+2]. The molecule has 0 aromatic carbocycles. The average molecular weight is 131 g/mol. The minimum Gasteiger partial charge on any atom is -1.00 e. The Morgan fingerprint density at radius 3 is 2.25 bits per heavy atom. The summed E-state index contributed by atoms with van der Waals surface area (Å²) in [6.45, 7) is -0.505. The second-order valence-corrected chi connectivity index (χ2v) is 1.13. The summed E-state index contributed by atoms with van der Waals surface area (Å²) in [5.41, 5.74) is 4.77. The molecule has 0 aliphatic carbocycles. The summed E-state index contributed by atoms with van der Waals surface area (Å²) in [5, 5.41) is 15.9. The fraction of sp³-hybridized carbons (Fsp3) is 0.667. The van der Waals surface area contributed by atoms with Crippen molar-refractivity contribution >= 4 is 29.0 Å². The van der Waals surface area contributed by atoms with Crippen molar-refractivity contribution in [2.45, 2.75) is 6.04 Å². The summed E-state index contributed by atoms with van der Waals surface area (Å²) in [6.07, 6.45) is 0. The third-order valence-electron chi connectivity index (χ3n) is 0.514. The fourth-order valence-corrected chi connectivity index (χ4v) is 0.0781. The minimum absolute atomic E-state index is 0. The zero-order valence-electron chi connectivity index (χ0n) is 6.37. The van der Waals surface area contributed by atoms with Gasteiger partial charge in [-0.05, 0) is 0 Å². The summed E-state index contributed by atoms with van der Waals surface area (Å²) < 4.78 is 0. The summed E-state index contributed by atoms with van der Waals surface area (Å²) in [5.74, 6) is -1.18. The molecule has 0 spiro atoms. The maximum Gasteiger partial charge on any atom is 2.00 e. The molecule has 4 N–H and O–H groups in total. The first kappa shape index (κ1) is 11.0. The number of aliphatic carboxylic acids is 1. The van der Waals surface area contributed by atoms with E-state index in [2.05, 4.69) is 0 Å². The Hall–Kier alpha value is 0.156. The molecule has 5 heteroatoms. The third kappa shape index (κ3) is 4.32. The van der Waals surface area contributed by atoms with Gasteiger partial charge < -0.3 is 18.8 Å². The Morgan fingerprint density at radius 1 is 1.88 bits per heavy atom. The number of carboxylic acids is 1. The fourth-order valence-electron chi connectivity index (χ4n) is 0.0781. The summed E-state index contributed by atoms with van der Waals surface area (Å²) >= 11 is 0. The van der Waals surface area contributed by atoms with Gasteiger partial charge in [-0.15, -0.1) is 0 Å². The van der Waals surface area contributed by atoms with Gasteiger partial charge in [-0.3, -0.25) is 4.79 Å². The molecular formula is C3H9MgNO3. The Balaban J connectivity index is -0.0000000600. The molecule has 4 nitrogen and oxygen atoms in total. The van der Waals surface area contributed by atoms with E-state index in [1.54, 1.807) is 0 Å². The van der Waals surface area contributed by atoms with Crippen LogP contribution in [-0.4, -0.2) is 51.9 Å². The molecule has 46 valence electrons. The van der Waals surface area contributed by atoms with Crippen LogP contribution in [0.25, 0.3) is 0 Å². The van der Waals surface area contributed by atoms with Gasteiger partial charge in [0.15, 0.2) is 0 Å². The zero-order valence-corrected chi connectivity index (χ0v) is 5.79. The zero-order chi connectivity index (χ0) is 5.86. The van der Waals surface area contributed by atoms with Crippen LogP contribution in [0.1, 0.15) is 2.85 Å². The first-order valence-corrected chi connectivity index (χ1v) is 1.77. The molecule has 0 rings (SSSR count). The smallest absolute Gasteiger partial charge is 1.00 e. The van der Waals surface area contributed by atoms with Crippen LogP contribution in [0.4, 0.5) is 0 Å². The molecule has 0 saturated carbocycles. The Kier molecular flexibility index (Phi) is 7.30. The molecule has 0 aliphatic rings. The molecule has 8 heavy (non-hydrogen) atoms. The number of carbonyl (C=O) groups is 1. The van der Waals surface area contributed by atoms with Gasteiger partial charge in [0.2, 0.25) is 0 Å². The van der Waals surface area contributed by atoms with E-state index < -0.39 is 18.6 Å². The van der Waals surface area contributed by atoms with E-state index in [-0.39, 0.29) is 25.9 Å². The van der Waals surface area contributed by atoms with Crippen LogP contribution in [0.3, 0.4) is 0 Å². The molecule has 0 amide bonds. The van der Waals surface area contributed by atoms with Crippen molar-refractivity contribution in [2.24, 2.45) is 5.73 Å². The monoisotopic (exact) mass is 131 g/mol. The molecule has 0 bridgehead atoms. The van der Waals surface area contributed by atoms with Crippen LogP contribution < -0.4 is 5.73 Å². The van der Waals surface area contributed by atoms with E-state index in [1.165, 1.54) is 0 Å². The van der Waals surface area contributed by atoms with E-state index in [9.17, 15) is 4.79 Å². The van der Waals surface area contributed by atoms with Crippen LogP contribution in [0.15, 0.2) is 0 Å². The van der Waals surface area contributed by atoms with Crippen molar-refractivity contribution in [1.82, 2.24) is 0 Å². The van der Waals surface area contributed by atoms with Crippen molar-refractivity contribution in [3.63, 3.8) is 0 Å². The van der Waals surface area contributed by atoms with Gasteiger partial charge in [-0.25, -0.2) is 0 Å². The Bertz CT molecular complexity index is 84.1. The third-order valence-corrected chi connectivity index (χ3v) is 0.514. The van der Waals surface area contributed by atoms with Crippen LogP contribution in [0.5, 0.6) is 0 Å². The second-order valence-electron chi connectivity index (χ2n) is 1.13. The number of nitrogens with two attached hydrogens (primary N) is 1. The molecule has 0 heterocycles. The molecule has 1 unspecified atom stereocenters. The number of carboxylic acid groups (broad SMARTS) is 1.